The second-order valence-corrected chi connectivity index (χ2v) is 6.01. The Morgan fingerprint density at radius 3 is 3.00 bits per heavy atom. The number of ether oxygens (including phenoxy) is 1. The van der Waals surface area contributed by atoms with Crippen LogP contribution >= 0.6 is 0 Å². The van der Waals surface area contributed by atoms with Gasteiger partial charge in [-0.25, -0.2) is 0 Å². The molecule has 0 aliphatic carbocycles. The first kappa shape index (κ1) is 17.2. The number of furan rings is 1. The van der Waals surface area contributed by atoms with Crippen molar-refractivity contribution < 1.29 is 13.9 Å². The summed E-state index contributed by atoms with van der Waals surface area (Å²) in [6.07, 6.45) is 2.49. The number of carbonyl (C=O) groups is 1. The molecule has 1 aromatic heterocycles. The fourth-order valence-corrected chi connectivity index (χ4v) is 2.94. The largest absolute Gasteiger partial charge is 0.468 e. The predicted octanol–water partition coefficient (Wildman–Crippen LogP) is 2.17. The maximum absolute atomic E-state index is 12.2. The monoisotopic (exact) mass is 339 g/mol. The molecule has 2 aromatic rings. The van der Waals surface area contributed by atoms with Gasteiger partial charge in [0, 0.05) is 19.6 Å². The van der Waals surface area contributed by atoms with Crippen LogP contribution in [-0.2, 0) is 11.3 Å². The van der Waals surface area contributed by atoms with E-state index in [0.29, 0.717) is 24.3 Å². The van der Waals surface area contributed by atoms with E-state index in [1.54, 1.807) is 30.5 Å². The number of nitriles is 1. The molecule has 25 heavy (non-hydrogen) atoms. The zero-order chi connectivity index (χ0) is 17.5. The van der Waals surface area contributed by atoms with Gasteiger partial charge in [0.15, 0.2) is 0 Å². The first-order valence-electron chi connectivity index (χ1n) is 8.40. The summed E-state index contributed by atoms with van der Waals surface area (Å²) >= 11 is 0. The Morgan fingerprint density at radius 2 is 2.20 bits per heavy atom. The quantitative estimate of drug-likeness (QED) is 0.873. The van der Waals surface area contributed by atoms with Crippen LogP contribution in [0.2, 0.25) is 0 Å². The minimum Gasteiger partial charge on any atom is -0.468 e. The first-order valence-corrected chi connectivity index (χ1v) is 8.40. The molecule has 1 aliphatic heterocycles. The van der Waals surface area contributed by atoms with Crippen LogP contribution < -0.4 is 5.32 Å². The highest BCUT2D eigenvalue weighted by Crippen LogP contribution is 2.13. The molecule has 1 saturated heterocycles. The summed E-state index contributed by atoms with van der Waals surface area (Å²) in [6.45, 7) is 3.65. The number of nitrogens with zero attached hydrogens (tertiary/aromatic N) is 2. The van der Waals surface area contributed by atoms with Crippen LogP contribution in [0.25, 0.3) is 0 Å². The van der Waals surface area contributed by atoms with Crippen molar-refractivity contribution in [3.63, 3.8) is 0 Å². The molecule has 1 atom stereocenters. The number of nitrogens with one attached hydrogen (secondary N) is 1. The van der Waals surface area contributed by atoms with Crippen molar-refractivity contribution >= 4 is 5.91 Å². The average Bonchev–Trinajstić information content (AvgIpc) is 3.15. The molecule has 6 nitrogen and oxygen atoms in total. The summed E-state index contributed by atoms with van der Waals surface area (Å²) in [4.78, 5) is 14.5. The van der Waals surface area contributed by atoms with Gasteiger partial charge in [-0.3, -0.25) is 9.69 Å². The number of amides is 1. The van der Waals surface area contributed by atoms with Gasteiger partial charge in [-0.2, -0.15) is 5.26 Å². The molecule has 0 radical (unpaired) electrons. The van der Waals surface area contributed by atoms with Crippen LogP contribution in [0, 0.1) is 11.3 Å². The van der Waals surface area contributed by atoms with Crippen LogP contribution in [0.3, 0.4) is 0 Å². The van der Waals surface area contributed by atoms with Gasteiger partial charge >= 0.3 is 0 Å². The maximum Gasteiger partial charge on any atom is 0.252 e. The molecular formula is C19H21N3O3. The lowest BCUT2D eigenvalue weighted by molar-refractivity contribution is -0.0358. The minimum absolute atomic E-state index is 0.0789. The van der Waals surface area contributed by atoms with E-state index < -0.39 is 0 Å². The molecule has 1 fully saturated rings. The number of morpholine rings is 1. The van der Waals surface area contributed by atoms with Crippen molar-refractivity contribution in [2.24, 2.45) is 0 Å². The topological polar surface area (TPSA) is 78.5 Å². The Kier molecular flexibility index (Phi) is 5.83. The van der Waals surface area contributed by atoms with Crippen molar-refractivity contribution in [1.82, 2.24) is 10.2 Å². The number of hydrogen-bond acceptors (Lipinski definition) is 5. The van der Waals surface area contributed by atoms with E-state index in [4.69, 9.17) is 14.4 Å². The summed E-state index contributed by atoms with van der Waals surface area (Å²) in [7, 11) is 0. The minimum atomic E-state index is -0.222. The lowest BCUT2D eigenvalue weighted by atomic mass is 10.1. The Morgan fingerprint density at radius 1 is 1.32 bits per heavy atom. The van der Waals surface area contributed by atoms with Gasteiger partial charge in [0.2, 0.25) is 0 Å². The third-order valence-corrected chi connectivity index (χ3v) is 4.23. The third-order valence-electron chi connectivity index (χ3n) is 4.23. The van der Waals surface area contributed by atoms with Crippen LogP contribution in [0.15, 0.2) is 47.1 Å². The predicted molar refractivity (Wildman–Crippen MR) is 91.8 cm³/mol. The molecule has 6 heteroatoms. The molecule has 0 saturated carbocycles. The second kappa shape index (κ2) is 8.47. The summed E-state index contributed by atoms with van der Waals surface area (Å²) in [5.74, 6) is 0.725. The maximum atomic E-state index is 12.2. The summed E-state index contributed by atoms with van der Waals surface area (Å²) in [5.41, 5.74) is 0.799. The van der Waals surface area contributed by atoms with Crippen molar-refractivity contribution in [1.29, 1.82) is 5.26 Å². The molecule has 2 heterocycles. The molecule has 3 rings (SSSR count). The SMILES string of the molecule is N#Cc1ccccc1C(=O)NCCC1CN(Cc2ccco2)CCO1. The van der Waals surface area contributed by atoms with Gasteiger partial charge in [-0.1, -0.05) is 12.1 Å². The third kappa shape index (κ3) is 4.69. The smallest absolute Gasteiger partial charge is 0.252 e. The molecule has 1 N–H and O–H groups in total. The van der Waals surface area contributed by atoms with Gasteiger partial charge in [0.05, 0.1) is 42.7 Å². The van der Waals surface area contributed by atoms with Gasteiger partial charge in [-0.05, 0) is 30.7 Å². The van der Waals surface area contributed by atoms with E-state index >= 15 is 0 Å². The molecule has 1 unspecified atom stereocenters. The zero-order valence-corrected chi connectivity index (χ0v) is 14.0. The Bertz CT molecular complexity index is 737. The van der Waals surface area contributed by atoms with Crippen LogP contribution in [0.4, 0.5) is 0 Å². The summed E-state index contributed by atoms with van der Waals surface area (Å²) < 4.78 is 11.2. The Hall–Kier alpha value is -2.62. The lowest BCUT2D eigenvalue weighted by Gasteiger charge is -2.32. The molecule has 130 valence electrons. The summed E-state index contributed by atoms with van der Waals surface area (Å²) in [5, 5.41) is 11.9. The van der Waals surface area contributed by atoms with Crippen molar-refractivity contribution in [2.75, 3.05) is 26.2 Å². The van der Waals surface area contributed by atoms with Crippen molar-refractivity contribution in [2.45, 2.75) is 19.1 Å². The molecule has 0 spiro atoms. The first-order chi connectivity index (χ1) is 12.3. The van der Waals surface area contributed by atoms with E-state index in [-0.39, 0.29) is 12.0 Å². The van der Waals surface area contributed by atoms with E-state index in [1.807, 2.05) is 18.2 Å². The van der Waals surface area contributed by atoms with Crippen LogP contribution in [0.5, 0.6) is 0 Å². The second-order valence-electron chi connectivity index (χ2n) is 6.01. The molecular weight excluding hydrogens is 318 g/mol. The zero-order valence-electron chi connectivity index (χ0n) is 14.0. The normalized spacial score (nSPS) is 17.8. The number of hydrogen-bond donors (Lipinski definition) is 1. The van der Waals surface area contributed by atoms with Gasteiger partial charge in [-0.15, -0.1) is 0 Å². The molecule has 0 bridgehead atoms. The Labute approximate surface area is 147 Å². The van der Waals surface area contributed by atoms with Gasteiger partial charge in [0.25, 0.3) is 5.91 Å². The highest BCUT2D eigenvalue weighted by molar-refractivity contribution is 5.96. The van der Waals surface area contributed by atoms with Crippen molar-refractivity contribution in [3.8, 4) is 6.07 Å². The van der Waals surface area contributed by atoms with Crippen LogP contribution in [-0.4, -0.2) is 43.2 Å². The standard InChI is InChI=1S/C19H21N3O3/c20-12-15-4-1-2-6-18(15)19(23)21-8-7-17-14-22(9-11-25-17)13-16-5-3-10-24-16/h1-6,10,17H,7-9,11,13-14H2,(H,21,23). The number of carbonyl (C=O) groups excluding carboxylic acids is 1. The van der Waals surface area contributed by atoms with Gasteiger partial charge < -0.3 is 14.5 Å². The van der Waals surface area contributed by atoms with E-state index in [2.05, 4.69) is 10.2 Å². The van der Waals surface area contributed by atoms with Gasteiger partial charge in [0.1, 0.15) is 5.76 Å². The van der Waals surface area contributed by atoms with E-state index in [0.717, 1.165) is 31.8 Å². The van der Waals surface area contributed by atoms with Crippen LogP contribution in [0.1, 0.15) is 28.1 Å². The lowest BCUT2D eigenvalue weighted by Crippen LogP contribution is -2.43. The molecule has 1 amide bonds. The molecule has 1 aromatic carbocycles. The summed E-state index contributed by atoms with van der Waals surface area (Å²) in [6, 6.07) is 12.7. The fraction of sp³-hybridized carbons (Fsp3) is 0.368. The highest BCUT2D eigenvalue weighted by Gasteiger charge is 2.21. The van der Waals surface area contributed by atoms with E-state index in [1.165, 1.54) is 0 Å². The van der Waals surface area contributed by atoms with Crippen molar-refractivity contribution in [3.05, 3.63) is 59.5 Å². The number of rotatable bonds is 6. The average molecular weight is 339 g/mol. The fourth-order valence-electron chi connectivity index (χ4n) is 2.94. The highest BCUT2D eigenvalue weighted by atomic mass is 16.5. The number of benzene rings is 1. The molecule has 1 aliphatic rings. The van der Waals surface area contributed by atoms with E-state index in [9.17, 15) is 4.79 Å². The Balaban J connectivity index is 1.45.